The number of ether oxygens (including phenoxy) is 2. The molecule has 1 saturated heterocycles. The Bertz CT molecular complexity index is 488. The van der Waals surface area contributed by atoms with Crippen LogP contribution in [0.4, 0.5) is 4.39 Å². The highest BCUT2D eigenvalue weighted by Crippen LogP contribution is 2.36. The number of hydrogen-bond acceptors (Lipinski definition) is 4. The summed E-state index contributed by atoms with van der Waals surface area (Å²) < 4.78 is 35.9. The van der Waals surface area contributed by atoms with E-state index in [2.05, 4.69) is 0 Å². The van der Waals surface area contributed by atoms with Gasteiger partial charge in [0.15, 0.2) is 18.4 Å². The molecule has 1 aliphatic heterocycles. The zero-order valence-corrected chi connectivity index (χ0v) is 13.2. The maximum Gasteiger partial charge on any atom is 0.494 e. The molecule has 116 valence electrons. The van der Waals surface area contributed by atoms with Crippen molar-refractivity contribution in [1.29, 1.82) is 0 Å². The third-order valence-electron chi connectivity index (χ3n) is 3.98. The van der Waals surface area contributed by atoms with Crippen molar-refractivity contribution in [3.63, 3.8) is 0 Å². The molecular weight excluding hydrogens is 274 g/mol. The van der Waals surface area contributed by atoms with E-state index in [1.165, 1.54) is 6.07 Å². The number of hydrogen-bond donors (Lipinski definition) is 0. The molecule has 1 aromatic carbocycles. The topological polar surface area (TPSA) is 36.9 Å². The first-order chi connectivity index (χ1) is 9.77. The van der Waals surface area contributed by atoms with Crippen LogP contribution in [0.2, 0.25) is 0 Å². The van der Waals surface area contributed by atoms with E-state index in [1.54, 1.807) is 12.1 Å². The second-order valence-electron chi connectivity index (χ2n) is 6.03. The number of rotatable bonds is 5. The first-order valence-corrected chi connectivity index (χ1v) is 7.12. The molecule has 0 aromatic heterocycles. The molecule has 1 fully saturated rings. The second-order valence-corrected chi connectivity index (χ2v) is 6.03. The Kier molecular flexibility index (Phi) is 4.61. The molecule has 1 aliphatic rings. The van der Waals surface area contributed by atoms with E-state index >= 15 is 0 Å². The van der Waals surface area contributed by atoms with Gasteiger partial charge >= 0.3 is 7.12 Å². The van der Waals surface area contributed by atoms with Crippen molar-refractivity contribution < 1.29 is 23.2 Å². The van der Waals surface area contributed by atoms with Crippen molar-refractivity contribution in [2.75, 3.05) is 13.4 Å². The molecule has 0 saturated carbocycles. The van der Waals surface area contributed by atoms with E-state index < -0.39 is 24.1 Å². The molecule has 2 rings (SSSR count). The highest BCUT2D eigenvalue weighted by molar-refractivity contribution is 6.62. The Morgan fingerprint density at radius 2 is 1.76 bits per heavy atom. The zero-order valence-electron chi connectivity index (χ0n) is 13.2. The predicted octanol–water partition coefficient (Wildman–Crippen LogP) is 2.50. The summed E-state index contributed by atoms with van der Waals surface area (Å²) in [5.74, 6) is -0.300. The summed E-state index contributed by atoms with van der Waals surface area (Å²) in [5.41, 5.74) is -0.141. The first kappa shape index (κ1) is 16.3. The van der Waals surface area contributed by atoms with Crippen LogP contribution < -0.4 is 10.2 Å². The summed E-state index contributed by atoms with van der Waals surface area (Å²) in [7, 11) is -0.537. The van der Waals surface area contributed by atoms with Crippen molar-refractivity contribution in [2.45, 2.75) is 45.8 Å². The predicted molar refractivity (Wildman–Crippen MR) is 79.2 cm³/mol. The lowest BCUT2D eigenvalue weighted by atomic mass is 9.79. The number of benzene rings is 1. The minimum atomic E-state index is -0.537. The lowest BCUT2D eigenvalue weighted by Crippen LogP contribution is -2.41. The Morgan fingerprint density at radius 3 is 2.33 bits per heavy atom. The minimum Gasteiger partial charge on any atom is -0.464 e. The Morgan fingerprint density at radius 1 is 1.14 bits per heavy atom. The summed E-state index contributed by atoms with van der Waals surface area (Å²) in [5, 5.41) is 0. The smallest absolute Gasteiger partial charge is 0.464 e. The van der Waals surface area contributed by atoms with Gasteiger partial charge in [-0.05, 0) is 52.2 Å². The fourth-order valence-corrected chi connectivity index (χ4v) is 1.94. The van der Waals surface area contributed by atoms with E-state index in [0.717, 1.165) is 5.46 Å². The van der Waals surface area contributed by atoms with Crippen LogP contribution in [-0.2, 0) is 14.0 Å². The summed E-state index contributed by atoms with van der Waals surface area (Å²) in [6.07, 6.45) is 0. The third kappa shape index (κ3) is 3.39. The molecule has 1 heterocycles. The molecule has 0 unspecified atom stereocenters. The van der Waals surface area contributed by atoms with Crippen LogP contribution in [0.5, 0.6) is 5.75 Å². The Balaban J connectivity index is 2.16. The van der Waals surface area contributed by atoms with Gasteiger partial charge in [-0.1, -0.05) is 6.07 Å². The maximum absolute atomic E-state index is 13.7. The quantitative estimate of drug-likeness (QED) is 0.475. The lowest BCUT2D eigenvalue weighted by molar-refractivity contribution is 0.00578. The van der Waals surface area contributed by atoms with Gasteiger partial charge in [0, 0.05) is 6.61 Å². The molecule has 0 bridgehead atoms. The summed E-state index contributed by atoms with van der Waals surface area (Å²) >= 11 is 0. The highest BCUT2D eigenvalue weighted by atomic mass is 19.1. The van der Waals surface area contributed by atoms with Gasteiger partial charge in [0.2, 0.25) is 0 Å². The summed E-state index contributed by atoms with van der Waals surface area (Å²) in [4.78, 5) is 0. The third-order valence-corrected chi connectivity index (χ3v) is 3.98. The summed E-state index contributed by atoms with van der Waals surface area (Å²) in [6.45, 7) is 10.3. The van der Waals surface area contributed by atoms with E-state index in [0.29, 0.717) is 6.61 Å². The van der Waals surface area contributed by atoms with Crippen LogP contribution in [0, 0.1) is 5.82 Å². The van der Waals surface area contributed by atoms with Gasteiger partial charge < -0.3 is 18.8 Å². The van der Waals surface area contributed by atoms with Crippen LogP contribution in [0.3, 0.4) is 0 Å². The zero-order chi connectivity index (χ0) is 15.7. The minimum absolute atomic E-state index is 0.0141. The standard InChI is InChI=1S/C15H22BFO4/c1-6-18-10-19-13-9-11(7-8-12(13)17)16-20-14(2,3)15(4,5)21-16/h7-9H,6,10H2,1-5H3. The van der Waals surface area contributed by atoms with Crippen LogP contribution in [-0.4, -0.2) is 31.7 Å². The lowest BCUT2D eigenvalue weighted by Gasteiger charge is -2.32. The van der Waals surface area contributed by atoms with Crippen molar-refractivity contribution in [1.82, 2.24) is 0 Å². The van der Waals surface area contributed by atoms with Crippen LogP contribution in [0.15, 0.2) is 18.2 Å². The average Bonchev–Trinajstić information content (AvgIpc) is 2.61. The highest BCUT2D eigenvalue weighted by Gasteiger charge is 2.51. The van der Waals surface area contributed by atoms with Gasteiger partial charge in [0.1, 0.15) is 0 Å². The molecule has 0 radical (unpaired) electrons. The van der Waals surface area contributed by atoms with Crippen molar-refractivity contribution in [2.24, 2.45) is 0 Å². The second kappa shape index (κ2) is 5.95. The van der Waals surface area contributed by atoms with E-state index in [9.17, 15) is 4.39 Å². The fourth-order valence-electron chi connectivity index (χ4n) is 1.94. The first-order valence-electron chi connectivity index (χ1n) is 7.12. The number of halogens is 1. The Hall–Kier alpha value is -1.11. The van der Waals surface area contributed by atoms with Crippen LogP contribution >= 0.6 is 0 Å². The molecule has 0 N–H and O–H groups in total. The maximum atomic E-state index is 13.7. The van der Waals surface area contributed by atoms with Gasteiger partial charge in [-0.2, -0.15) is 0 Å². The molecule has 0 amide bonds. The van der Waals surface area contributed by atoms with Crippen molar-refractivity contribution in [3.8, 4) is 5.75 Å². The van der Waals surface area contributed by atoms with Crippen molar-refractivity contribution in [3.05, 3.63) is 24.0 Å². The van der Waals surface area contributed by atoms with Gasteiger partial charge in [-0.3, -0.25) is 0 Å². The van der Waals surface area contributed by atoms with Crippen molar-refractivity contribution >= 4 is 12.6 Å². The largest absolute Gasteiger partial charge is 0.494 e. The molecule has 4 nitrogen and oxygen atoms in total. The van der Waals surface area contributed by atoms with Crippen LogP contribution in [0.1, 0.15) is 34.6 Å². The molecule has 1 aromatic rings. The molecular formula is C15H22BFO4. The van der Waals surface area contributed by atoms with Crippen LogP contribution in [0.25, 0.3) is 0 Å². The van der Waals surface area contributed by atoms with Gasteiger partial charge in [0.05, 0.1) is 11.2 Å². The Labute approximate surface area is 125 Å². The fraction of sp³-hybridized carbons (Fsp3) is 0.600. The van der Waals surface area contributed by atoms with E-state index in [4.69, 9.17) is 18.8 Å². The molecule has 0 spiro atoms. The van der Waals surface area contributed by atoms with Gasteiger partial charge in [-0.25, -0.2) is 4.39 Å². The molecule has 6 heteroatoms. The monoisotopic (exact) mass is 296 g/mol. The average molecular weight is 296 g/mol. The van der Waals surface area contributed by atoms with E-state index in [-0.39, 0.29) is 12.5 Å². The van der Waals surface area contributed by atoms with Gasteiger partial charge in [0.25, 0.3) is 0 Å². The molecule has 0 aliphatic carbocycles. The summed E-state index contributed by atoms with van der Waals surface area (Å²) in [6, 6.07) is 4.59. The van der Waals surface area contributed by atoms with E-state index in [1.807, 2.05) is 34.6 Å². The normalized spacial score (nSPS) is 19.8. The SMILES string of the molecule is CCOCOc1cc(B2OC(C)(C)C(C)(C)O2)ccc1F. The molecule has 21 heavy (non-hydrogen) atoms. The molecule has 0 atom stereocenters. The van der Waals surface area contributed by atoms with Gasteiger partial charge in [-0.15, -0.1) is 0 Å².